The maximum atomic E-state index is 13.5. The molecule has 0 bridgehead atoms. The first kappa shape index (κ1) is 20.9. The van der Waals surface area contributed by atoms with Gasteiger partial charge in [-0.3, -0.25) is 14.6 Å². The monoisotopic (exact) mass is 403 g/mol. The van der Waals surface area contributed by atoms with Gasteiger partial charge in [-0.05, 0) is 42.7 Å². The number of ether oxygens (including phenoxy) is 1. The first-order chi connectivity index (χ1) is 14.0. The van der Waals surface area contributed by atoms with Crippen molar-refractivity contribution in [3.05, 3.63) is 65.5 Å². The van der Waals surface area contributed by atoms with E-state index in [-0.39, 0.29) is 30.0 Å². The van der Waals surface area contributed by atoms with Crippen LogP contribution in [0.4, 0.5) is 8.78 Å². The second-order valence-electron chi connectivity index (χ2n) is 6.99. The lowest BCUT2D eigenvalue weighted by molar-refractivity contribution is -0.139. The molecule has 154 valence electrons. The Balaban J connectivity index is 1.77. The minimum absolute atomic E-state index is 0.0616. The molecule has 0 spiro atoms. The van der Waals surface area contributed by atoms with Crippen molar-refractivity contribution >= 4 is 11.8 Å². The molecule has 2 amide bonds. The number of likely N-dealkylation sites (tertiary alicyclic amines) is 1. The minimum Gasteiger partial charge on any atom is -0.375 e. The van der Waals surface area contributed by atoms with Gasteiger partial charge >= 0.3 is 0 Å². The molecule has 1 saturated heterocycles. The summed E-state index contributed by atoms with van der Waals surface area (Å²) in [5, 5.41) is 0. The first-order valence-electron chi connectivity index (χ1n) is 9.41. The van der Waals surface area contributed by atoms with Gasteiger partial charge in [0, 0.05) is 50.7 Å². The number of hydrogen-bond donors (Lipinski definition) is 0. The van der Waals surface area contributed by atoms with Gasteiger partial charge in [-0.1, -0.05) is 6.07 Å². The fourth-order valence-electron chi connectivity index (χ4n) is 3.52. The van der Waals surface area contributed by atoms with Crippen molar-refractivity contribution in [2.24, 2.45) is 0 Å². The predicted octanol–water partition coefficient (Wildman–Crippen LogP) is 2.64. The normalized spacial score (nSPS) is 16.5. The smallest absolute Gasteiger partial charge is 0.254 e. The van der Waals surface area contributed by atoms with Gasteiger partial charge in [-0.2, -0.15) is 0 Å². The zero-order valence-electron chi connectivity index (χ0n) is 16.2. The van der Waals surface area contributed by atoms with E-state index >= 15 is 0 Å². The molecule has 1 unspecified atom stereocenters. The molecular formula is C21H23F2N3O3. The van der Waals surface area contributed by atoms with Gasteiger partial charge < -0.3 is 14.5 Å². The van der Waals surface area contributed by atoms with Gasteiger partial charge in [0.1, 0.15) is 6.61 Å². The molecule has 1 aliphatic rings. The fraction of sp³-hybridized carbons (Fsp3) is 0.381. The molecular weight excluding hydrogens is 380 g/mol. The SMILES string of the molecule is COCC(=O)N(Cc1cccnc1)C1CCCN(C(=O)c2ccc(F)c(F)c2)C1. The Morgan fingerprint density at radius 2 is 2.10 bits per heavy atom. The largest absolute Gasteiger partial charge is 0.375 e. The number of halogens is 2. The van der Waals surface area contributed by atoms with E-state index in [0.29, 0.717) is 26.1 Å². The summed E-state index contributed by atoms with van der Waals surface area (Å²) in [7, 11) is 1.46. The van der Waals surface area contributed by atoms with Crippen LogP contribution in [0, 0.1) is 11.6 Å². The number of rotatable bonds is 6. The first-order valence-corrected chi connectivity index (χ1v) is 9.41. The van der Waals surface area contributed by atoms with E-state index in [1.54, 1.807) is 28.3 Å². The van der Waals surface area contributed by atoms with Crippen LogP contribution in [-0.2, 0) is 16.1 Å². The molecule has 2 aromatic rings. The highest BCUT2D eigenvalue weighted by Gasteiger charge is 2.31. The molecule has 8 heteroatoms. The van der Waals surface area contributed by atoms with Crippen LogP contribution in [0.2, 0.25) is 0 Å². The molecule has 6 nitrogen and oxygen atoms in total. The molecule has 0 saturated carbocycles. The summed E-state index contributed by atoms with van der Waals surface area (Å²) in [6.07, 6.45) is 4.79. The molecule has 1 aliphatic heterocycles. The van der Waals surface area contributed by atoms with Crippen molar-refractivity contribution in [3.8, 4) is 0 Å². The van der Waals surface area contributed by atoms with Crippen LogP contribution in [0.15, 0.2) is 42.7 Å². The minimum atomic E-state index is -1.06. The van der Waals surface area contributed by atoms with Crippen molar-refractivity contribution in [1.82, 2.24) is 14.8 Å². The number of benzene rings is 1. The summed E-state index contributed by atoms with van der Waals surface area (Å²) in [6.45, 7) is 1.10. The third-order valence-corrected chi connectivity index (χ3v) is 4.95. The zero-order chi connectivity index (χ0) is 20.8. The number of pyridine rings is 1. The molecule has 0 N–H and O–H groups in total. The molecule has 29 heavy (non-hydrogen) atoms. The third-order valence-electron chi connectivity index (χ3n) is 4.95. The van der Waals surface area contributed by atoms with Gasteiger partial charge in [-0.15, -0.1) is 0 Å². The Kier molecular flexibility index (Phi) is 6.87. The van der Waals surface area contributed by atoms with Crippen molar-refractivity contribution in [2.75, 3.05) is 26.8 Å². The molecule has 1 aromatic carbocycles. The standard InChI is InChI=1S/C21H23F2N3O3/c1-29-14-20(27)26(12-15-4-2-8-24-11-15)17-5-3-9-25(13-17)21(28)16-6-7-18(22)19(23)10-16/h2,4,6-8,10-11,17H,3,5,9,12-14H2,1H3. The average Bonchev–Trinajstić information content (AvgIpc) is 2.74. The molecule has 3 rings (SSSR count). The third kappa shape index (κ3) is 5.14. The van der Waals surface area contributed by atoms with Crippen molar-refractivity contribution < 1.29 is 23.1 Å². The summed E-state index contributed by atoms with van der Waals surface area (Å²) in [5.41, 5.74) is 0.965. The Hall–Kier alpha value is -2.87. The molecule has 1 fully saturated rings. The highest BCUT2D eigenvalue weighted by Crippen LogP contribution is 2.21. The van der Waals surface area contributed by atoms with Crippen molar-refractivity contribution in [1.29, 1.82) is 0 Å². The van der Waals surface area contributed by atoms with Crippen LogP contribution >= 0.6 is 0 Å². The molecule has 1 aromatic heterocycles. The van der Waals surface area contributed by atoms with Crippen molar-refractivity contribution in [2.45, 2.75) is 25.4 Å². The van der Waals surface area contributed by atoms with Crippen molar-refractivity contribution in [3.63, 3.8) is 0 Å². The predicted molar refractivity (Wildman–Crippen MR) is 102 cm³/mol. The van der Waals surface area contributed by atoms with Gasteiger partial charge in [0.05, 0.1) is 0 Å². The number of aromatic nitrogens is 1. The van der Waals surface area contributed by atoms with E-state index in [1.165, 1.54) is 13.2 Å². The Bertz CT molecular complexity index is 864. The van der Waals surface area contributed by atoms with Gasteiger partial charge in [0.2, 0.25) is 5.91 Å². The highest BCUT2D eigenvalue weighted by molar-refractivity contribution is 5.94. The topological polar surface area (TPSA) is 62.7 Å². The van der Waals surface area contributed by atoms with Gasteiger partial charge in [-0.25, -0.2) is 8.78 Å². The van der Waals surface area contributed by atoms with E-state index in [1.807, 2.05) is 6.07 Å². The number of amides is 2. The summed E-state index contributed by atoms with van der Waals surface area (Å²) >= 11 is 0. The molecule has 2 heterocycles. The Labute approximate surface area is 168 Å². The zero-order valence-corrected chi connectivity index (χ0v) is 16.2. The highest BCUT2D eigenvalue weighted by atomic mass is 19.2. The maximum Gasteiger partial charge on any atom is 0.254 e. The number of piperidine rings is 1. The fourth-order valence-corrected chi connectivity index (χ4v) is 3.52. The van der Waals surface area contributed by atoms with Crippen LogP contribution in [0.25, 0.3) is 0 Å². The molecule has 0 radical (unpaired) electrons. The van der Waals surface area contributed by atoms with Gasteiger partial charge in [0.15, 0.2) is 11.6 Å². The van der Waals surface area contributed by atoms with Crippen LogP contribution in [-0.4, -0.2) is 59.4 Å². The number of nitrogens with zero attached hydrogens (tertiary/aromatic N) is 3. The lowest BCUT2D eigenvalue weighted by Crippen LogP contribution is -2.52. The quantitative estimate of drug-likeness (QED) is 0.744. The van der Waals surface area contributed by atoms with Gasteiger partial charge in [0.25, 0.3) is 5.91 Å². The number of carbonyl (C=O) groups is 2. The lowest BCUT2D eigenvalue weighted by Gasteiger charge is -2.39. The van der Waals surface area contributed by atoms with E-state index in [2.05, 4.69) is 4.98 Å². The lowest BCUT2D eigenvalue weighted by atomic mass is 10.0. The summed E-state index contributed by atoms with van der Waals surface area (Å²) < 4.78 is 31.7. The van der Waals surface area contributed by atoms with E-state index in [9.17, 15) is 18.4 Å². The summed E-state index contributed by atoms with van der Waals surface area (Å²) in [5.74, 6) is -2.61. The van der Waals surface area contributed by atoms with Crippen LogP contribution in [0.5, 0.6) is 0 Å². The number of hydrogen-bond acceptors (Lipinski definition) is 4. The van der Waals surface area contributed by atoms with Crippen LogP contribution < -0.4 is 0 Å². The summed E-state index contributed by atoms with van der Waals surface area (Å²) in [6, 6.07) is 6.60. The van der Waals surface area contributed by atoms with E-state index in [4.69, 9.17) is 4.74 Å². The van der Waals surface area contributed by atoms with E-state index < -0.39 is 11.6 Å². The molecule has 0 aliphatic carbocycles. The number of methoxy groups -OCH3 is 1. The number of carbonyl (C=O) groups excluding carboxylic acids is 2. The second kappa shape index (κ2) is 9.56. The van der Waals surface area contributed by atoms with Crippen LogP contribution in [0.1, 0.15) is 28.8 Å². The second-order valence-corrected chi connectivity index (χ2v) is 6.99. The Morgan fingerprint density at radius 3 is 2.79 bits per heavy atom. The average molecular weight is 403 g/mol. The Morgan fingerprint density at radius 1 is 1.28 bits per heavy atom. The molecule has 1 atom stereocenters. The summed E-state index contributed by atoms with van der Waals surface area (Å²) in [4.78, 5) is 32.8. The van der Waals surface area contributed by atoms with Crippen LogP contribution in [0.3, 0.4) is 0 Å². The van der Waals surface area contributed by atoms with E-state index in [0.717, 1.165) is 24.1 Å². The maximum absolute atomic E-state index is 13.5.